The lowest BCUT2D eigenvalue weighted by Crippen LogP contribution is -2.28. The van der Waals surface area contributed by atoms with E-state index in [1.165, 1.54) is 18.5 Å². The summed E-state index contributed by atoms with van der Waals surface area (Å²) >= 11 is 0. The highest BCUT2D eigenvalue weighted by molar-refractivity contribution is 5.96. The van der Waals surface area contributed by atoms with Gasteiger partial charge in [0.05, 0.1) is 24.2 Å². The third-order valence-electron chi connectivity index (χ3n) is 2.22. The number of aliphatic hydroxyl groups excluding tert-OH is 1. The van der Waals surface area contributed by atoms with Crippen molar-refractivity contribution in [2.24, 2.45) is 0 Å². The number of alkyl halides is 3. The molecule has 108 valence electrons. The van der Waals surface area contributed by atoms with Crippen molar-refractivity contribution in [3.05, 3.63) is 29.6 Å². The molecule has 2 N–H and O–H groups in total. The average molecular weight is 286 g/mol. The summed E-state index contributed by atoms with van der Waals surface area (Å²) in [6, 6.07) is 1.38. The van der Waals surface area contributed by atoms with Crippen LogP contribution in [0.15, 0.2) is 18.5 Å². The number of aromatic nitrogens is 1. The Bertz CT molecular complexity index is 518. The Labute approximate surface area is 114 Å². The number of aliphatic hydroxyl groups is 1. The zero-order chi connectivity index (χ0) is 15.0. The molecule has 0 unspecified atom stereocenters. The number of nitrogens with one attached hydrogen (secondary N) is 1. The molecule has 1 aromatic rings. The lowest BCUT2D eigenvalue weighted by atomic mass is 10.1. The molecule has 20 heavy (non-hydrogen) atoms. The largest absolute Gasteiger partial charge is 0.395 e. The fraction of sp³-hybridized carbons (Fsp3) is 0.385. The van der Waals surface area contributed by atoms with Crippen molar-refractivity contribution in [2.45, 2.75) is 19.0 Å². The van der Waals surface area contributed by atoms with Crippen LogP contribution in [0.1, 0.15) is 28.8 Å². The average Bonchev–Trinajstić information content (AvgIpc) is 2.38. The molecule has 0 aliphatic heterocycles. The molecule has 7 heteroatoms. The maximum Gasteiger partial charge on any atom is 0.390 e. The highest BCUT2D eigenvalue weighted by atomic mass is 19.4. The first kappa shape index (κ1) is 16.0. The second-order valence-electron chi connectivity index (χ2n) is 3.82. The van der Waals surface area contributed by atoms with Gasteiger partial charge in [0, 0.05) is 25.4 Å². The van der Waals surface area contributed by atoms with Gasteiger partial charge in [-0.3, -0.25) is 9.78 Å². The van der Waals surface area contributed by atoms with Crippen LogP contribution in [0.5, 0.6) is 0 Å². The van der Waals surface area contributed by atoms with Gasteiger partial charge < -0.3 is 10.4 Å². The number of carbonyl (C=O) groups excluding carboxylic acids is 1. The van der Waals surface area contributed by atoms with Gasteiger partial charge in [-0.1, -0.05) is 11.8 Å². The fourth-order valence-corrected chi connectivity index (χ4v) is 1.32. The van der Waals surface area contributed by atoms with Crippen molar-refractivity contribution in [1.82, 2.24) is 10.3 Å². The summed E-state index contributed by atoms with van der Waals surface area (Å²) in [5, 5.41) is 10.8. The number of pyridine rings is 1. The standard InChI is InChI=1S/C13H13F3N2O2/c14-13(15,16)5-7-18-12(20)11-4-6-17-9-10(11)3-1-2-8-19/h4,6,9,19H,2,5,7-8H2,(H,18,20). The molecule has 1 aromatic heterocycles. The van der Waals surface area contributed by atoms with E-state index in [9.17, 15) is 18.0 Å². The minimum atomic E-state index is -4.31. The van der Waals surface area contributed by atoms with Crippen LogP contribution in [0.3, 0.4) is 0 Å². The summed E-state index contributed by atoms with van der Waals surface area (Å²) in [7, 11) is 0. The minimum absolute atomic E-state index is 0.111. The van der Waals surface area contributed by atoms with Crippen LogP contribution in [0.2, 0.25) is 0 Å². The van der Waals surface area contributed by atoms with E-state index in [0.717, 1.165) is 0 Å². The Morgan fingerprint density at radius 3 is 2.85 bits per heavy atom. The van der Waals surface area contributed by atoms with Crippen LogP contribution in [0, 0.1) is 11.8 Å². The highest BCUT2D eigenvalue weighted by Gasteiger charge is 2.26. The van der Waals surface area contributed by atoms with Crippen molar-refractivity contribution < 1.29 is 23.1 Å². The van der Waals surface area contributed by atoms with Gasteiger partial charge in [0.25, 0.3) is 5.91 Å². The third kappa shape index (κ3) is 5.71. The SMILES string of the molecule is O=C(NCCC(F)(F)F)c1ccncc1C#CCCO. The van der Waals surface area contributed by atoms with E-state index < -0.39 is 25.0 Å². The highest BCUT2D eigenvalue weighted by Crippen LogP contribution is 2.18. The van der Waals surface area contributed by atoms with E-state index in [4.69, 9.17) is 5.11 Å². The van der Waals surface area contributed by atoms with E-state index >= 15 is 0 Å². The Balaban J connectivity index is 2.71. The molecule has 0 fully saturated rings. The molecule has 0 aliphatic rings. The number of amides is 1. The van der Waals surface area contributed by atoms with Crippen molar-refractivity contribution in [2.75, 3.05) is 13.2 Å². The molecule has 0 bridgehead atoms. The summed E-state index contributed by atoms with van der Waals surface area (Å²) in [6.45, 7) is -0.603. The molecule has 0 aliphatic carbocycles. The first-order valence-electron chi connectivity index (χ1n) is 5.83. The maximum atomic E-state index is 12.0. The van der Waals surface area contributed by atoms with Crippen LogP contribution in [-0.2, 0) is 0 Å². The van der Waals surface area contributed by atoms with E-state index in [2.05, 4.69) is 22.1 Å². The normalized spacial score (nSPS) is 10.6. The monoisotopic (exact) mass is 286 g/mol. The molecular weight excluding hydrogens is 273 g/mol. The summed E-state index contributed by atoms with van der Waals surface area (Å²) in [5.74, 6) is 4.64. The molecule has 0 atom stereocenters. The minimum Gasteiger partial charge on any atom is -0.395 e. The van der Waals surface area contributed by atoms with Crippen molar-refractivity contribution in [3.8, 4) is 11.8 Å². The lowest BCUT2D eigenvalue weighted by molar-refractivity contribution is -0.132. The molecule has 1 rings (SSSR count). The van der Waals surface area contributed by atoms with Crippen LogP contribution >= 0.6 is 0 Å². The first-order valence-corrected chi connectivity index (χ1v) is 5.83. The van der Waals surface area contributed by atoms with E-state index in [1.807, 2.05) is 0 Å². The van der Waals surface area contributed by atoms with Crippen molar-refractivity contribution >= 4 is 5.91 Å². The van der Waals surface area contributed by atoms with Crippen LogP contribution in [0.4, 0.5) is 13.2 Å². The van der Waals surface area contributed by atoms with Crippen molar-refractivity contribution in [1.29, 1.82) is 0 Å². The maximum absolute atomic E-state index is 12.0. The Morgan fingerprint density at radius 2 is 2.20 bits per heavy atom. The smallest absolute Gasteiger partial charge is 0.390 e. The summed E-state index contributed by atoms with van der Waals surface area (Å²) in [4.78, 5) is 15.6. The third-order valence-corrected chi connectivity index (χ3v) is 2.22. The van der Waals surface area contributed by atoms with Gasteiger partial charge in [0.15, 0.2) is 0 Å². The summed E-state index contributed by atoms with van der Waals surface area (Å²) < 4.78 is 36.0. The first-order chi connectivity index (χ1) is 9.44. The molecule has 0 aromatic carbocycles. The zero-order valence-electron chi connectivity index (χ0n) is 10.5. The van der Waals surface area contributed by atoms with Gasteiger partial charge in [-0.25, -0.2) is 0 Å². The second kappa shape index (κ2) is 7.50. The van der Waals surface area contributed by atoms with Gasteiger partial charge in [-0.15, -0.1) is 0 Å². The lowest BCUT2D eigenvalue weighted by Gasteiger charge is -2.08. The fourth-order valence-electron chi connectivity index (χ4n) is 1.32. The summed E-state index contributed by atoms with van der Waals surface area (Å²) in [6.07, 6.45) is -2.45. The van der Waals surface area contributed by atoms with Gasteiger partial charge in [0.2, 0.25) is 0 Å². The molecule has 1 heterocycles. The number of hydrogen-bond donors (Lipinski definition) is 2. The Morgan fingerprint density at radius 1 is 1.45 bits per heavy atom. The molecule has 1 amide bonds. The predicted octanol–water partition coefficient (Wildman–Crippen LogP) is 1.50. The quantitative estimate of drug-likeness (QED) is 0.825. The zero-order valence-corrected chi connectivity index (χ0v) is 10.5. The molecule has 4 nitrogen and oxygen atoms in total. The number of halogens is 3. The molecular formula is C13H13F3N2O2. The van der Waals surface area contributed by atoms with E-state index in [1.54, 1.807) is 0 Å². The Hall–Kier alpha value is -2.07. The number of carbonyl (C=O) groups is 1. The van der Waals surface area contributed by atoms with E-state index in [-0.39, 0.29) is 18.6 Å². The topological polar surface area (TPSA) is 62.2 Å². The summed E-state index contributed by atoms with van der Waals surface area (Å²) in [5.41, 5.74) is 0.470. The molecule has 0 radical (unpaired) electrons. The molecule has 0 spiro atoms. The number of nitrogens with zero attached hydrogens (tertiary/aromatic N) is 1. The molecule has 0 saturated carbocycles. The number of rotatable bonds is 4. The molecule has 0 saturated heterocycles. The van der Waals surface area contributed by atoms with Crippen LogP contribution in [0.25, 0.3) is 0 Å². The van der Waals surface area contributed by atoms with Gasteiger partial charge in [0.1, 0.15) is 0 Å². The Kier molecular flexibility index (Phi) is 6.00. The van der Waals surface area contributed by atoms with Gasteiger partial charge in [-0.05, 0) is 6.07 Å². The predicted molar refractivity (Wildman–Crippen MR) is 65.8 cm³/mol. The number of hydrogen-bond acceptors (Lipinski definition) is 3. The second-order valence-corrected chi connectivity index (χ2v) is 3.82. The van der Waals surface area contributed by atoms with Crippen LogP contribution < -0.4 is 5.32 Å². The van der Waals surface area contributed by atoms with Gasteiger partial charge >= 0.3 is 6.18 Å². The van der Waals surface area contributed by atoms with Crippen molar-refractivity contribution in [3.63, 3.8) is 0 Å². The van der Waals surface area contributed by atoms with Crippen LogP contribution in [-0.4, -0.2) is 35.3 Å². The van der Waals surface area contributed by atoms with E-state index in [0.29, 0.717) is 5.56 Å². The van der Waals surface area contributed by atoms with Gasteiger partial charge in [-0.2, -0.15) is 13.2 Å².